The van der Waals surface area contributed by atoms with Crippen molar-refractivity contribution >= 4 is 18.5 Å². The van der Waals surface area contributed by atoms with E-state index >= 15 is 0 Å². The van der Waals surface area contributed by atoms with E-state index in [0.29, 0.717) is 56.9 Å². The first-order valence-corrected chi connectivity index (χ1v) is 25.3. The maximum Gasteiger partial charge on any atom is 0.408 e. The Morgan fingerprint density at radius 1 is 0.494 bits per heavy atom. The van der Waals surface area contributed by atoms with Crippen molar-refractivity contribution in [2.45, 2.75) is 110 Å². The summed E-state index contributed by atoms with van der Waals surface area (Å²) in [6, 6.07) is 52.1. The number of alkyl carbamates (subject to hydrolysis) is 2. The topological polar surface area (TPSA) is 200 Å². The molecule has 8 rings (SSSR count). The molecule has 0 saturated carbocycles. The highest BCUT2D eigenvalue weighted by Crippen LogP contribution is 2.23. The summed E-state index contributed by atoms with van der Waals surface area (Å²) < 4.78 is 38.5. The van der Waals surface area contributed by atoms with Gasteiger partial charge in [0.1, 0.15) is 66.1 Å². The fourth-order valence-corrected chi connectivity index (χ4v) is 7.30. The van der Waals surface area contributed by atoms with Crippen LogP contribution >= 0.6 is 0 Å². The normalized spacial score (nSPS) is 12.1. The monoisotopic (exact) mass is 1040 g/mol. The first-order valence-electron chi connectivity index (χ1n) is 25.3. The third kappa shape index (κ3) is 22.0. The van der Waals surface area contributed by atoms with Crippen LogP contribution in [0.4, 0.5) is 9.59 Å². The molecule has 0 aliphatic carbocycles. The number of aromatic nitrogens is 2. The minimum absolute atomic E-state index is 0.182. The summed E-state index contributed by atoms with van der Waals surface area (Å²) in [5.41, 5.74) is 11.3. The highest BCUT2D eigenvalue weighted by atomic mass is 16.6. The van der Waals surface area contributed by atoms with Crippen LogP contribution in [-0.2, 0) is 53.4 Å². The van der Waals surface area contributed by atoms with Gasteiger partial charge in [0.25, 0.3) is 0 Å². The Morgan fingerprint density at radius 3 is 1.22 bits per heavy atom. The molecular weight excluding hydrogens is 975 g/mol. The first-order chi connectivity index (χ1) is 37.1. The molecule has 0 saturated heterocycles. The molecule has 0 fully saturated rings. The molecule has 15 nitrogen and oxygen atoms in total. The predicted molar refractivity (Wildman–Crippen MR) is 294 cm³/mol. The molecule has 2 aromatic heterocycles. The van der Waals surface area contributed by atoms with Gasteiger partial charge in [-0.1, -0.05) is 127 Å². The molecule has 402 valence electrons. The fourth-order valence-electron chi connectivity index (χ4n) is 7.30. The second kappa shape index (κ2) is 29.4. The van der Waals surface area contributed by atoms with Gasteiger partial charge in [-0.05, 0) is 124 Å². The molecule has 77 heavy (non-hydrogen) atoms. The number of carbonyl (C=O) groups is 3. The summed E-state index contributed by atoms with van der Waals surface area (Å²) in [6.07, 6.45) is 7.24. The Bertz CT molecular complexity index is 2910. The van der Waals surface area contributed by atoms with Gasteiger partial charge < -0.3 is 53.7 Å². The maximum atomic E-state index is 12.2. The molecule has 15 heteroatoms. The molecule has 0 spiro atoms. The third-order valence-corrected chi connectivity index (χ3v) is 11.0. The number of hydrogen-bond acceptors (Lipinski definition) is 13. The summed E-state index contributed by atoms with van der Waals surface area (Å²) in [6.45, 7) is 12.4. The number of carbonyl (C=O) groups excluding carboxylic acids is 3. The molecule has 0 radical (unpaired) electrons. The van der Waals surface area contributed by atoms with Crippen molar-refractivity contribution in [3.63, 3.8) is 0 Å². The van der Waals surface area contributed by atoms with E-state index in [9.17, 15) is 14.4 Å². The van der Waals surface area contributed by atoms with E-state index in [-0.39, 0.29) is 12.1 Å². The Kier molecular flexibility index (Phi) is 22.0. The number of hydrogen-bond donors (Lipinski definition) is 3. The Balaban J connectivity index is 0.000000189. The van der Waals surface area contributed by atoms with Crippen molar-refractivity contribution in [3.05, 3.63) is 234 Å². The SMILES string of the molecule is CC(C)(C)OC(=O)N[C@@H](Cc1ccc(OCc2ccccc2)cc1)c1cnco1.CC(C)(C)OC(=O)N[C@H](C=O)Cc1ccc(OCc2ccccc2)cc1.N[C@@H](Cc1ccc(OCc2ccccc2)cc1)c1cnco1. The van der Waals surface area contributed by atoms with E-state index in [1.54, 1.807) is 33.2 Å². The zero-order valence-corrected chi connectivity index (χ0v) is 44.5. The lowest BCUT2D eigenvalue weighted by molar-refractivity contribution is -0.109. The maximum absolute atomic E-state index is 12.2. The van der Waals surface area contributed by atoms with Crippen LogP contribution < -0.4 is 30.6 Å². The highest BCUT2D eigenvalue weighted by Gasteiger charge is 2.23. The number of nitrogens with one attached hydrogen (secondary N) is 2. The van der Waals surface area contributed by atoms with E-state index in [0.717, 1.165) is 50.6 Å². The van der Waals surface area contributed by atoms with Crippen molar-refractivity contribution in [1.29, 1.82) is 0 Å². The van der Waals surface area contributed by atoms with Crippen LogP contribution in [0.25, 0.3) is 0 Å². The van der Waals surface area contributed by atoms with Gasteiger partial charge in [-0.2, -0.15) is 0 Å². The molecule has 8 aromatic rings. The average molecular weight is 1040 g/mol. The van der Waals surface area contributed by atoms with Crippen LogP contribution in [0.15, 0.2) is 198 Å². The largest absolute Gasteiger partial charge is 0.489 e. The van der Waals surface area contributed by atoms with Gasteiger partial charge in [-0.15, -0.1) is 0 Å². The summed E-state index contributed by atoms with van der Waals surface area (Å²) in [7, 11) is 0. The van der Waals surface area contributed by atoms with Crippen molar-refractivity contribution < 1.29 is 46.9 Å². The molecule has 3 atom stereocenters. The number of aldehydes is 1. The molecular formula is C62H69N5O10. The summed E-state index contributed by atoms with van der Waals surface area (Å²) in [5, 5.41) is 5.43. The van der Waals surface area contributed by atoms with Gasteiger partial charge in [0.05, 0.1) is 30.5 Å². The number of amides is 2. The molecule has 0 aliphatic heterocycles. The average Bonchev–Trinajstić information content (AvgIpc) is 4.17. The van der Waals surface area contributed by atoms with Crippen LogP contribution in [-0.4, -0.2) is 45.7 Å². The van der Waals surface area contributed by atoms with Crippen LogP contribution in [0.5, 0.6) is 17.2 Å². The lowest BCUT2D eigenvalue weighted by Gasteiger charge is -2.22. The fraction of sp³-hybridized carbons (Fsp3) is 0.274. The third-order valence-electron chi connectivity index (χ3n) is 11.0. The Labute approximate surface area is 451 Å². The Morgan fingerprint density at radius 2 is 0.857 bits per heavy atom. The quantitative estimate of drug-likeness (QED) is 0.0610. The van der Waals surface area contributed by atoms with Crippen LogP contribution in [0, 0.1) is 0 Å². The predicted octanol–water partition coefficient (Wildman–Crippen LogP) is 12.5. The summed E-state index contributed by atoms with van der Waals surface area (Å²) in [4.78, 5) is 43.1. The van der Waals surface area contributed by atoms with Gasteiger partial charge in [0, 0.05) is 6.42 Å². The van der Waals surface area contributed by atoms with Gasteiger partial charge >= 0.3 is 12.2 Å². The van der Waals surface area contributed by atoms with Gasteiger partial charge in [0.2, 0.25) is 0 Å². The summed E-state index contributed by atoms with van der Waals surface area (Å²) >= 11 is 0. The zero-order valence-electron chi connectivity index (χ0n) is 44.5. The van der Waals surface area contributed by atoms with Crippen molar-refractivity contribution in [2.75, 3.05) is 0 Å². The number of rotatable bonds is 20. The van der Waals surface area contributed by atoms with Crippen molar-refractivity contribution in [1.82, 2.24) is 20.6 Å². The van der Waals surface area contributed by atoms with E-state index in [1.165, 1.54) is 12.8 Å². The van der Waals surface area contributed by atoms with Crippen LogP contribution in [0.3, 0.4) is 0 Å². The van der Waals surface area contributed by atoms with E-state index in [2.05, 4.69) is 20.6 Å². The standard InChI is InChI=1S/C23H26N2O4.C21H25NO4.C18H18N2O2/c1-23(2,3)29-22(26)25-20(21-14-24-16-28-21)13-17-9-11-19(12-10-17)27-15-18-7-5-4-6-8-18;1-21(2,3)26-20(24)22-18(14-23)13-16-9-11-19(12-10-16)25-15-17-7-5-4-6-8-17;19-17(18-11-20-13-22-18)10-14-6-8-16(9-7-14)21-12-15-4-2-1-3-5-15/h4-12,14,16,20H,13,15H2,1-3H3,(H,25,26);4-12,14,18H,13,15H2,1-3H3,(H,22,24);1-9,11,13,17H,10,12,19H2/t20-;18-;17-/m000/s1. The van der Waals surface area contributed by atoms with Gasteiger partial charge in [0.15, 0.2) is 12.8 Å². The Hall–Kier alpha value is -8.69. The molecule has 2 amide bonds. The molecule has 0 aliphatic rings. The van der Waals surface area contributed by atoms with Crippen LogP contribution in [0.1, 0.15) is 98.5 Å². The van der Waals surface area contributed by atoms with Gasteiger partial charge in [-0.3, -0.25) is 0 Å². The zero-order chi connectivity index (χ0) is 54.9. The second-order valence-electron chi connectivity index (χ2n) is 19.9. The molecule has 0 unspecified atom stereocenters. The minimum Gasteiger partial charge on any atom is -0.489 e. The van der Waals surface area contributed by atoms with E-state index < -0.39 is 29.4 Å². The lowest BCUT2D eigenvalue weighted by atomic mass is 10.0. The van der Waals surface area contributed by atoms with Crippen molar-refractivity contribution in [2.24, 2.45) is 5.73 Å². The minimum atomic E-state index is -0.638. The van der Waals surface area contributed by atoms with Crippen LogP contribution in [0.2, 0.25) is 0 Å². The summed E-state index contributed by atoms with van der Waals surface area (Å²) in [5.74, 6) is 3.65. The second-order valence-corrected chi connectivity index (χ2v) is 19.9. The highest BCUT2D eigenvalue weighted by molar-refractivity contribution is 5.73. The number of oxazole rings is 2. The number of benzene rings is 6. The molecule has 4 N–H and O–H groups in total. The first kappa shape index (κ1) is 57.6. The molecule has 2 heterocycles. The molecule has 6 aromatic carbocycles. The molecule has 0 bridgehead atoms. The van der Waals surface area contributed by atoms with Gasteiger partial charge in [-0.25, -0.2) is 19.6 Å². The van der Waals surface area contributed by atoms with E-state index in [4.69, 9.17) is 38.3 Å². The number of ether oxygens (including phenoxy) is 5. The smallest absolute Gasteiger partial charge is 0.408 e. The lowest BCUT2D eigenvalue weighted by Crippen LogP contribution is -2.41. The number of nitrogens with zero attached hydrogens (tertiary/aromatic N) is 2. The van der Waals surface area contributed by atoms with Crippen molar-refractivity contribution in [3.8, 4) is 17.2 Å². The number of nitrogens with two attached hydrogens (primary N) is 1. The van der Waals surface area contributed by atoms with E-state index in [1.807, 2.05) is 185 Å².